The van der Waals surface area contributed by atoms with Crippen molar-refractivity contribution >= 4 is 12.1 Å². The second kappa shape index (κ2) is 5.00. The molecule has 1 aliphatic rings. The van der Waals surface area contributed by atoms with Gasteiger partial charge in [0.25, 0.3) is 0 Å². The van der Waals surface area contributed by atoms with Crippen LogP contribution in [0.1, 0.15) is 41.0 Å². The van der Waals surface area contributed by atoms with Crippen LogP contribution in [0.25, 0.3) is 0 Å². The third kappa shape index (κ3) is 3.37. The maximum Gasteiger partial charge on any atom is 0.408 e. The minimum atomic E-state index is -1.37. The lowest BCUT2D eigenvalue weighted by Crippen LogP contribution is -2.67. The molecule has 1 saturated heterocycles. The highest BCUT2D eigenvalue weighted by Crippen LogP contribution is 2.38. The molecule has 0 aromatic rings. The maximum atomic E-state index is 11.9. The Labute approximate surface area is 113 Å². The van der Waals surface area contributed by atoms with Crippen molar-refractivity contribution < 1.29 is 24.2 Å². The summed E-state index contributed by atoms with van der Waals surface area (Å²) in [5, 5.41) is 12.1. The molecule has 6 heteroatoms. The number of aliphatic carboxylic acids is 1. The van der Waals surface area contributed by atoms with Crippen LogP contribution in [0.5, 0.6) is 0 Å². The fraction of sp³-hybridized carbons (Fsp3) is 0.846. The molecule has 1 rings (SSSR count). The van der Waals surface area contributed by atoms with Gasteiger partial charge in [-0.05, 0) is 20.8 Å². The van der Waals surface area contributed by atoms with Gasteiger partial charge >= 0.3 is 12.1 Å². The molecular weight excluding hydrogens is 250 g/mol. The first kappa shape index (κ1) is 15.8. The smallest absolute Gasteiger partial charge is 0.408 e. The lowest BCUT2D eigenvalue weighted by molar-refractivity contribution is -0.160. The fourth-order valence-corrected chi connectivity index (χ4v) is 2.17. The summed E-state index contributed by atoms with van der Waals surface area (Å²) in [6.45, 7) is 9.29. The number of ether oxygens (including phenoxy) is 2. The Balaban J connectivity index is 2.95. The Morgan fingerprint density at radius 2 is 1.89 bits per heavy atom. The van der Waals surface area contributed by atoms with Crippen molar-refractivity contribution in [2.24, 2.45) is 5.41 Å². The molecule has 1 atom stereocenters. The quantitative estimate of drug-likeness (QED) is 0.801. The summed E-state index contributed by atoms with van der Waals surface area (Å²) in [5.41, 5.74) is -2.75. The van der Waals surface area contributed by atoms with Crippen LogP contribution in [-0.4, -0.2) is 41.5 Å². The van der Waals surface area contributed by atoms with Gasteiger partial charge in [0, 0.05) is 18.4 Å². The monoisotopic (exact) mass is 273 g/mol. The number of carbonyl (C=O) groups excluding carboxylic acids is 1. The van der Waals surface area contributed by atoms with Crippen LogP contribution in [0.2, 0.25) is 0 Å². The van der Waals surface area contributed by atoms with E-state index < -0.39 is 28.6 Å². The Morgan fingerprint density at radius 3 is 2.32 bits per heavy atom. The predicted molar refractivity (Wildman–Crippen MR) is 69.0 cm³/mol. The minimum absolute atomic E-state index is 0.217. The largest absolute Gasteiger partial charge is 0.479 e. The van der Waals surface area contributed by atoms with Gasteiger partial charge in [0.05, 0.1) is 6.61 Å². The van der Waals surface area contributed by atoms with Gasteiger partial charge in [-0.25, -0.2) is 9.59 Å². The lowest BCUT2D eigenvalue weighted by atomic mass is 9.69. The topological polar surface area (TPSA) is 84.9 Å². The Morgan fingerprint density at radius 1 is 1.32 bits per heavy atom. The molecule has 0 spiro atoms. The Hall–Kier alpha value is -1.30. The van der Waals surface area contributed by atoms with Gasteiger partial charge in [0.2, 0.25) is 0 Å². The van der Waals surface area contributed by atoms with Crippen molar-refractivity contribution in [2.75, 3.05) is 13.2 Å². The van der Waals surface area contributed by atoms with Gasteiger partial charge < -0.3 is 19.9 Å². The SMILES string of the molecule is CC(C)(C)OC(=O)NC1(C(=O)O)CCOCC1(C)C. The highest BCUT2D eigenvalue weighted by Gasteiger charge is 2.55. The average Bonchev–Trinajstić information content (AvgIpc) is 2.17. The number of hydrogen-bond donors (Lipinski definition) is 2. The van der Waals surface area contributed by atoms with E-state index in [0.717, 1.165) is 0 Å². The predicted octanol–water partition coefficient (Wildman–Crippen LogP) is 1.78. The zero-order valence-electron chi connectivity index (χ0n) is 12.2. The van der Waals surface area contributed by atoms with Crippen LogP contribution < -0.4 is 5.32 Å². The van der Waals surface area contributed by atoms with Crippen LogP contribution in [0.4, 0.5) is 4.79 Å². The molecule has 1 amide bonds. The normalized spacial score (nSPS) is 26.6. The van der Waals surface area contributed by atoms with Gasteiger partial charge in [0.1, 0.15) is 11.1 Å². The molecule has 0 saturated carbocycles. The summed E-state index contributed by atoms with van der Waals surface area (Å²) in [7, 11) is 0. The molecule has 2 N–H and O–H groups in total. The number of rotatable bonds is 2. The van der Waals surface area contributed by atoms with E-state index in [1.807, 2.05) is 0 Å². The van der Waals surface area contributed by atoms with Gasteiger partial charge in [-0.3, -0.25) is 0 Å². The molecule has 0 radical (unpaired) electrons. The van der Waals surface area contributed by atoms with Gasteiger partial charge in [-0.15, -0.1) is 0 Å². The Bertz CT molecular complexity index is 372. The number of carboxylic acids is 1. The van der Waals surface area contributed by atoms with Gasteiger partial charge in [0.15, 0.2) is 0 Å². The number of alkyl carbamates (subject to hydrolysis) is 1. The maximum absolute atomic E-state index is 11.9. The van der Waals surface area contributed by atoms with E-state index in [4.69, 9.17) is 9.47 Å². The number of nitrogens with one attached hydrogen (secondary N) is 1. The average molecular weight is 273 g/mol. The van der Waals surface area contributed by atoms with E-state index in [0.29, 0.717) is 6.61 Å². The lowest BCUT2D eigenvalue weighted by Gasteiger charge is -2.46. The molecule has 0 aromatic carbocycles. The van der Waals surface area contributed by atoms with E-state index in [9.17, 15) is 14.7 Å². The fourth-order valence-electron chi connectivity index (χ4n) is 2.17. The van der Waals surface area contributed by atoms with E-state index in [1.165, 1.54) is 0 Å². The third-order valence-electron chi connectivity index (χ3n) is 3.32. The molecule has 1 unspecified atom stereocenters. The number of hydrogen-bond acceptors (Lipinski definition) is 4. The first-order valence-electron chi connectivity index (χ1n) is 6.32. The van der Waals surface area contributed by atoms with Crippen LogP contribution in [0.3, 0.4) is 0 Å². The molecule has 0 aromatic heterocycles. The standard InChI is InChI=1S/C13H23NO5/c1-11(2,3)19-10(17)14-13(9(15)16)6-7-18-8-12(13,4)5/h6-8H2,1-5H3,(H,14,17)(H,15,16). The van der Waals surface area contributed by atoms with Gasteiger partial charge in [-0.1, -0.05) is 13.8 Å². The summed E-state index contributed by atoms with van der Waals surface area (Å²) < 4.78 is 10.5. The molecule has 0 aliphatic carbocycles. The molecule has 6 nitrogen and oxygen atoms in total. The highest BCUT2D eigenvalue weighted by molar-refractivity contribution is 5.85. The molecule has 0 bridgehead atoms. The summed E-state index contributed by atoms with van der Waals surface area (Å²) in [6, 6.07) is 0. The van der Waals surface area contributed by atoms with Crippen LogP contribution in [-0.2, 0) is 14.3 Å². The zero-order chi connectivity index (χ0) is 14.9. The molecule has 19 heavy (non-hydrogen) atoms. The van der Waals surface area contributed by atoms with Crippen molar-refractivity contribution in [3.05, 3.63) is 0 Å². The zero-order valence-corrected chi connectivity index (χ0v) is 12.2. The summed E-state index contributed by atoms with van der Waals surface area (Å²) in [5.74, 6) is -1.06. The second-order valence-electron chi connectivity index (χ2n) is 6.52. The summed E-state index contributed by atoms with van der Waals surface area (Å²) >= 11 is 0. The minimum Gasteiger partial charge on any atom is -0.479 e. The Kier molecular flexibility index (Phi) is 4.14. The first-order valence-corrected chi connectivity index (χ1v) is 6.32. The van der Waals surface area contributed by atoms with Crippen LogP contribution in [0, 0.1) is 5.41 Å². The van der Waals surface area contributed by atoms with Crippen molar-refractivity contribution in [1.29, 1.82) is 0 Å². The summed E-state index contributed by atoms with van der Waals surface area (Å²) in [4.78, 5) is 23.6. The van der Waals surface area contributed by atoms with Crippen molar-refractivity contribution in [3.63, 3.8) is 0 Å². The van der Waals surface area contributed by atoms with E-state index in [-0.39, 0.29) is 13.0 Å². The third-order valence-corrected chi connectivity index (χ3v) is 3.32. The number of carbonyl (C=O) groups is 2. The molecule has 1 heterocycles. The molecule has 110 valence electrons. The van der Waals surface area contributed by atoms with Crippen molar-refractivity contribution in [3.8, 4) is 0 Å². The summed E-state index contributed by atoms with van der Waals surface area (Å²) in [6.07, 6.45) is -0.501. The van der Waals surface area contributed by atoms with E-state index in [2.05, 4.69) is 5.32 Å². The van der Waals surface area contributed by atoms with Crippen molar-refractivity contribution in [1.82, 2.24) is 5.32 Å². The molecule has 1 fully saturated rings. The number of carboxylic acid groups (broad SMARTS) is 1. The van der Waals surface area contributed by atoms with Crippen LogP contribution in [0.15, 0.2) is 0 Å². The molecular formula is C13H23NO5. The highest BCUT2D eigenvalue weighted by atomic mass is 16.6. The van der Waals surface area contributed by atoms with Crippen molar-refractivity contribution in [2.45, 2.75) is 52.2 Å². The van der Waals surface area contributed by atoms with E-state index >= 15 is 0 Å². The van der Waals surface area contributed by atoms with E-state index in [1.54, 1.807) is 34.6 Å². The number of amides is 1. The first-order chi connectivity index (χ1) is 8.50. The molecule has 1 aliphatic heterocycles. The van der Waals surface area contributed by atoms with Crippen LogP contribution >= 0.6 is 0 Å². The van der Waals surface area contributed by atoms with Gasteiger partial charge in [-0.2, -0.15) is 0 Å². The second-order valence-corrected chi connectivity index (χ2v) is 6.52.